The smallest absolute Gasteiger partial charge is 0.177 e. The lowest BCUT2D eigenvalue weighted by atomic mass is 10.0. The number of hydrogen-bond donors (Lipinski definition) is 1. The third kappa shape index (κ3) is 3.67. The van der Waals surface area contributed by atoms with E-state index in [1.54, 1.807) is 10.7 Å². The van der Waals surface area contributed by atoms with Crippen LogP contribution in [-0.2, 0) is 13.5 Å². The second-order valence-electron chi connectivity index (χ2n) is 9.15. The first-order valence-electron chi connectivity index (χ1n) is 12.1. The van der Waals surface area contributed by atoms with E-state index in [2.05, 4.69) is 20.5 Å². The predicted molar refractivity (Wildman–Crippen MR) is 139 cm³/mol. The summed E-state index contributed by atoms with van der Waals surface area (Å²) in [4.78, 5) is 4.28. The van der Waals surface area contributed by atoms with Crippen LogP contribution >= 0.6 is 0 Å². The maximum Gasteiger partial charge on any atom is 0.177 e. The Morgan fingerprint density at radius 2 is 1.95 bits per heavy atom. The normalized spacial score (nSPS) is 14.9. The summed E-state index contributed by atoms with van der Waals surface area (Å²) in [6.07, 6.45) is 4.05. The Bertz CT molecular complexity index is 1790. The number of fused-ring (bicyclic) bond motifs is 3. The van der Waals surface area contributed by atoms with Crippen molar-refractivity contribution in [3.8, 4) is 28.1 Å². The molecule has 0 radical (unpaired) electrons. The molecule has 6 aromatic rings. The third-order valence-electron chi connectivity index (χ3n) is 6.75. The van der Waals surface area contributed by atoms with Gasteiger partial charge in [-0.25, -0.2) is 9.37 Å². The average molecular weight is 492 g/mol. The minimum absolute atomic E-state index is 0.146. The molecule has 0 saturated carbocycles. The molecule has 37 heavy (non-hydrogen) atoms. The predicted octanol–water partition coefficient (Wildman–Crippen LogP) is 4.90. The number of anilines is 1. The first-order chi connectivity index (χ1) is 18.1. The Labute approximate surface area is 211 Å². The number of pyridine rings is 1. The fourth-order valence-electron chi connectivity index (χ4n) is 4.93. The zero-order valence-corrected chi connectivity index (χ0v) is 20.0. The van der Waals surface area contributed by atoms with E-state index >= 15 is 4.39 Å². The Morgan fingerprint density at radius 3 is 2.86 bits per heavy atom. The topological polar surface area (TPSA) is 82.2 Å². The zero-order valence-electron chi connectivity index (χ0n) is 20.0. The number of aryl methyl sites for hydroxylation is 1. The van der Waals surface area contributed by atoms with Crippen LogP contribution in [0, 0.1) is 5.82 Å². The molecule has 1 aliphatic rings. The number of nitrogens with one attached hydrogen (secondary N) is 1. The third-order valence-corrected chi connectivity index (χ3v) is 6.75. The van der Waals surface area contributed by atoms with Crippen LogP contribution in [0.1, 0.15) is 5.82 Å². The maximum absolute atomic E-state index is 15.4. The van der Waals surface area contributed by atoms with Gasteiger partial charge in [0, 0.05) is 53.5 Å². The quantitative estimate of drug-likeness (QED) is 0.378. The lowest BCUT2D eigenvalue weighted by Crippen LogP contribution is -2.33. The molecule has 0 fully saturated rings. The molecule has 8 nitrogen and oxygen atoms in total. The first kappa shape index (κ1) is 21.5. The van der Waals surface area contributed by atoms with Crippen LogP contribution in [0.5, 0.6) is 5.75 Å². The van der Waals surface area contributed by atoms with E-state index in [9.17, 15) is 0 Å². The monoisotopic (exact) mass is 491 g/mol. The summed E-state index contributed by atoms with van der Waals surface area (Å²) < 4.78 is 25.2. The number of halogens is 1. The number of rotatable bonds is 4. The van der Waals surface area contributed by atoms with Crippen molar-refractivity contribution in [2.75, 3.05) is 11.9 Å². The SMILES string of the molecule is Cn1cc(-c2ccc(-c3ccc4nnc(CC5CNc6ncccc6O5)n4n3)cc2F)c2ccccc21. The number of nitrogens with zero attached hydrogens (tertiary/aromatic N) is 6. The van der Waals surface area contributed by atoms with Crippen LogP contribution in [-0.4, -0.2) is 42.0 Å². The zero-order chi connectivity index (χ0) is 24.9. The van der Waals surface area contributed by atoms with Crippen LogP contribution in [0.4, 0.5) is 10.2 Å². The molecule has 182 valence electrons. The highest BCUT2D eigenvalue weighted by Crippen LogP contribution is 2.33. The van der Waals surface area contributed by atoms with Gasteiger partial charge in [0.1, 0.15) is 11.9 Å². The van der Waals surface area contributed by atoms with Gasteiger partial charge in [-0.05, 0) is 36.4 Å². The van der Waals surface area contributed by atoms with Crippen LogP contribution in [0.2, 0.25) is 0 Å². The Kier molecular flexibility index (Phi) is 4.88. The van der Waals surface area contributed by atoms with E-state index in [1.807, 2.05) is 78.5 Å². The molecule has 1 unspecified atom stereocenters. The molecule has 7 rings (SSSR count). The summed E-state index contributed by atoms with van der Waals surface area (Å²) in [6, 6.07) is 20.7. The van der Waals surface area contributed by atoms with Gasteiger partial charge in [0.25, 0.3) is 0 Å². The minimum atomic E-state index is -0.298. The largest absolute Gasteiger partial charge is 0.484 e. The van der Waals surface area contributed by atoms with Crippen LogP contribution in [0.3, 0.4) is 0 Å². The highest BCUT2D eigenvalue weighted by molar-refractivity contribution is 5.96. The fraction of sp³-hybridized carbons (Fsp3) is 0.143. The van der Waals surface area contributed by atoms with Gasteiger partial charge in [-0.1, -0.05) is 30.3 Å². The van der Waals surface area contributed by atoms with Gasteiger partial charge in [0.2, 0.25) is 0 Å². The van der Waals surface area contributed by atoms with Crippen molar-refractivity contribution in [3.05, 3.63) is 90.8 Å². The van der Waals surface area contributed by atoms with Gasteiger partial charge in [-0.3, -0.25) is 0 Å². The second-order valence-corrected chi connectivity index (χ2v) is 9.15. The van der Waals surface area contributed by atoms with Gasteiger partial charge < -0.3 is 14.6 Å². The molecular formula is C28H22FN7O. The highest BCUT2D eigenvalue weighted by atomic mass is 19.1. The fourth-order valence-corrected chi connectivity index (χ4v) is 4.93. The van der Waals surface area contributed by atoms with Crippen LogP contribution < -0.4 is 10.1 Å². The number of hydrogen-bond acceptors (Lipinski definition) is 6. The van der Waals surface area contributed by atoms with Crippen molar-refractivity contribution in [3.63, 3.8) is 0 Å². The van der Waals surface area contributed by atoms with E-state index in [-0.39, 0.29) is 11.9 Å². The number of ether oxygens (including phenoxy) is 1. The van der Waals surface area contributed by atoms with Crippen molar-refractivity contribution in [2.24, 2.45) is 7.05 Å². The van der Waals surface area contributed by atoms with Gasteiger partial charge in [-0.15, -0.1) is 10.2 Å². The van der Waals surface area contributed by atoms with Gasteiger partial charge >= 0.3 is 0 Å². The molecule has 9 heteroatoms. The van der Waals surface area contributed by atoms with E-state index < -0.39 is 0 Å². The average Bonchev–Trinajstić information content (AvgIpc) is 3.49. The van der Waals surface area contributed by atoms with E-state index in [0.717, 1.165) is 22.3 Å². The van der Waals surface area contributed by atoms with Crippen molar-refractivity contribution in [1.82, 2.24) is 29.4 Å². The summed E-state index contributed by atoms with van der Waals surface area (Å²) in [5.74, 6) is 1.82. The highest BCUT2D eigenvalue weighted by Gasteiger charge is 2.23. The molecule has 1 aliphatic heterocycles. The summed E-state index contributed by atoms with van der Waals surface area (Å²) >= 11 is 0. The summed E-state index contributed by atoms with van der Waals surface area (Å²) in [7, 11) is 1.97. The summed E-state index contributed by atoms with van der Waals surface area (Å²) in [5, 5.41) is 17.6. The van der Waals surface area contributed by atoms with Crippen molar-refractivity contribution in [1.29, 1.82) is 0 Å². The van der Waals surface area contributed by atoms with Gasteiger partial charge in [-0.2, -0.15) is 9.61 Å². The van der Waals surface area contributed by atoms with Gasteiger partial charge in [0.05, 0.1) is 12.2 Å². The molecule has 0 spiro atoms. The molecule has 0 saturated heterocycles. The summed E-state index contributed by atoms with van der Waals surface area (Å²) in [5.41, 5.74) is 4.42. The molecule has 1 atom stereocenters. The lowest BCUT2D eigenvalue weighted by molar-refractivity contribution is 0.202. The van der Waals surface area contributed by atoms with Gasteiger partial charge in [0.15, 0.2) is 23.0 Å². The first-order valence-corrected chi connectivity index (χ1v) is 12.1. The summed E-state index contributed by atoms with van der Waals surface area (Å²) in [6.45, 7) is 0.597. The van der Waals surface area contributed by atoms with E-state index in [0.29, 0.717) is 47.0 Å². The molecule has 0 aliphatic carbocycles. The Morgan fingerprint density at radius 1 is 1.03 bits per heavy atom. The molecule has 2 aromatic carbocycles. The molecule has 1 N–H and O–H groups in total. The number of aromatic nitrogens is 6. The standard InChI is InChI=1S/C28H22FN7O/c1-35-16-21(20-5-2-3-6-24(20)35)19-9-8-17(13-22(19)29)23-10-11-26-32-33-27(36(26)34-23)14-18-15-31-28-25(37-18)7-4-12-30-28/h2-13,16,18H,14-15H2,1H3,(H,30,31). The molecule has 4 aromatic heterocycles. The molecule has 0 amide bonds. The van der Waals surface area contributed by atoms with E-state index in [1.165, 1.54) is 6.07 Å². The van der Waals surface area contributed by atoms with Crippen LogP contribution in [0.25, 0.3) is 38.9 Å². The Balaban J connectivity index is 1.20. The maximum atomic E-state index is 15.4. The molecule has 0 bridgehead atoms. The lowest BCUT2D eigenvalue weighted by Gasteiger charge is -2.25. The number of benzene rings is 2. The molecule has 5 heterocycles. The Hall–Kier alpha value is -4.79. The minimum Gasteiger partial charge on any atom is -0.484 e. The second kappa shape index (κ2) is 8.41. The van der Waals surface area contributed by atoms with Crippen molar-refractivity contribution in [2.45, 2.75) is 12.5 Å². The van der Waals surface area contributed by atoms with Crippen molar-refractivity contribution < 1.29 is 9.13 Å². The van der Waals surface area contributed by atoms with E-state index in [4.69, 9.17) is 9.84 Å². The van der Waals surface area contributed by atoms with Crippen molar-refractivity contribution >= 4 is 22.4 Å². The molecular weight excluding hydrogens is 469 g/mol. The van der Waals surface area contributed by atoms with Crippen LogP contribution in [0.15, 0.2) is 79.1 Å². The number of para-hydroxylation sites is 1.